The van der Waals surface area contributed by atoms with Crippen LogP contribution in [0.3, 0.4) is 0 Å². The topological polar surface area (TPSA) is 778 Å². The average Bonchev–Trinajstić information content (AvgIpc) is 1.73. The molecule has 49 nitrogen and oxygen atoms in total. The van der Waals surface area contributed by atoms with E-state index in [-0.39, 0.29) is 212 Å². The van der Waals surface area contributed by atoms with Gasteiger partial charge in [-0.2, -0.15) is 24.9 Å². The van der Waals surface area contributed by atoms with Gasteiger partial charge in [0.1, 0.15) is 104 Å². The van der Waals surface area contributed by atoms with Gasteiger partial charge >= 0.3 is 37.2 Å². The summed E-state index contributed by atoms with van der Waals surface area (Å²) >= 11 is 16.6. The van der Waals surface area contributed by atoms with Crippen molar-refractivity contribution in [1.82, 2.24) is 69.8 Å². The zero-order valence-corrected chi connectivity index (χ0v) is 70.9. The van der Waals surface area contributed by atoms with Gasteiger partial charge in [0.2, 0.25) is 71.0 Å². The van der Waals surface area contributed by atoms with Gasteiger partial charge in [0, 0.05) is 20.2 Å². The normalized spacial score (nSPS) is 16.4. The van der Waals surface area contributed by atoms with E-state index in [9.17, 15) is 33.6 Å². The summed E-state index contributed by atoms with van der Waals surface area (Å²) < 4.78 is 83.8. The maximum absolute atomic E-state index is 11.1. The van der Waals surface area contributed by atoms with Gasteiger partial charge in [-0.15, -0.1) is 0 Å². The van der Waals surface area contributed by atoms with E-state index in [1.54, 1.807) is 6.92 Å². The number of aliphatic hydroxyl groups is 6. The maximum atomic E-state index is 11.1. The maximum Gasteiger partial charge on any atom is 1.00 e. The minimum absolute atomic E-state index is 0. The summed E-state index contributed by atoms with van der Waals surface area (Å²) in [5.74, 6) is -0.367. The molecule has 3 fully saturated rings. The van der Waals surface area contributed by atoms with Crippen molar-refractivity contribution in [2.24, 2.45) is 0 Å². The molecule has 0 aliphatic carbocycles. The van der Waals surface area contributed by atoms with Crippen LogP contribution in [-0.4, -0.2) is 269 Å². The van der Waals surface area contributed by atoms with Crippen molar-refractivity contribution in [3.8, 4) is 35.3 Å². The summed E-state index contributed by atoms with van der Waals surface area (Å²) in [5.41, 5.74) is 29.9. The predicted octanol–water partition coefficient (Wildman–Crippen LogP) is -4.47. The Morgan fingerprint density at radius 1 is 0.496 bits per heavy atom. The number of nitrogen functional groups attached to an aromatic ring is 6. The van der Waals surface area contributed by atoms with Crippen molar-refractivity contribution in [2.45, 2.75) is 136 Å². The third-order valence-corrected chi connectivity index (χ3v) is 14.1. The fourth-order valence-corrected chi connectivity index (χ4v) is 9.19. The summed E-state index contributed by atoms with van der Waals surface area (Å²) in [6, 6.07) is 8.72. The summed E-state index contributed by atoms with van der Waals surface area (Å²) in [4.78, 5) is 117. The molecule has 0 radical (unpaired) electrons. The standard InChI is InChI=1S/C10H14ClN3O3.C10H15N3O4.C9H15N3O4.C9H14N2O3.C8H14N3O7P.C7H11N3O4.C6H12O3.C4H3Cl2N3.CH4.FH.Na.H2O.H2.H/c1-10(2)16-5-6(17-10)4-15-8-3-7(11)13-9(12)14-8;1-10(2)16-5-6(17-10)4-15-8-3-7(14)12-9(11)13-8;1-2-15-6(4-13)5-16-8-3-7(14)11-9(10)12-8;1-3-7(12)5-14-9-4-8(13)10-6(2)11-9;9-8-10-6(13)1-7(11-8)17-3-5(2-12)18-4-19(14,15)16;8-7-9-5(13)1-6(10-7)14-3-4(12)2-11;1-6(2)8-4-5(3-7)9-6;5-2-1-3(6)9-4(7)8-2;;;;;;/h3,6H,4-5H2,1-2H3,(H2,12,13,14);3,6H,4-5H2,1-2H3,(H3,11,12,13,14);3,6,13H,2,4-5H2,1H3,(H3,10,11,12,14);4,7,12H,3,5H2,1-2H3,(H,10,11,13);1,5,12H,2-4H2,(H2,14,15,16)(H3,9,10,11,13);1,4,11-12H,2-3H2,(H3,8,9,10,13);5,7H,3-4H2,1-2H3;1H,(H2,7,8,9);1H4;1H;;1H2;1H;/q;;;;;;;;;;+1;;;-1/p+1/i;;;;;;;;;;;;1+2;. The summed E-state index contributed by atoms with van der Waals surface area (Å²) in [6.45, 7) is 17.7. The van der Waals surface area contributed by atoms with Crippen molar-refractivity contribution >= 4 is 78.1 Å². The second kappa shape index (κ2) is 56.9. The van der Waals surface area contributed by atoms with Crippen LogP contribution >= 0.6 is 42.4 Å². The molecule has 10 heterocycles. The Balaban J connectivity index is -0.000000648. The van der Waals surface area contributed by atoms with E-state index < -0.39 is 80.1 Å². The number of hydrogen-bond donors (Lipinski definition) is 19. The van der Waals surface area contributed by atoms with E-state index in [1.165, 1.54) is 30.3 Å². The molecule has 0 aromatic carbocycles. The van der Waals surface area contributed by atoms with Gasteiger partial charge in [-0.25, -0.2) is 19.9 Å². The van der Waals surface area contributed by atoms with E-state index in [1.807, 2.05) is 55.4 Å². The Labute approximate surface area is 718 Å². The number of aryl methyl sites for hydroxylation is 1. The molecule has 7 aromatic rings. The molecule has 672 valence electrons. The number of halogens is 4. The number of nitrogens with one attached hydrogen (secondary N) is 5. The smallest absolute Gasteiger partial charge is 1.00 e. The van der Waals surface area contributed by atoms with Crippen molar-refractivity contribution in [3.05, 3.63) is 116 Å². The van der Waals surface area contributed by atoms with Gasteiger partial charge in [-0.1, -0.05) is 49.2 Å². The Morgan fingerprint density at radius 3 is 1.11 bits per heavy atom. The van der Waals surface area contributed by atoms with Crippen LogP contribution in [0.25, 0.3) is 0 Å². The number of hydrogen-bond acceptors (Lipinski definition) is 41. The van der Waals surface area contributed by atoms with Crippen molar-refractivity contribution < 1.29 is 154 Å². The predicted molar refractivity (Wildman–Crippen MR) is 427 cm³/mol. The first-order valence-corrected chi connectivity index (χ1v) is 36.9. The molecule has 119 heavy (non-hydrogen) atoms. The van der Waals surface area contributed by atoms with E-state index in [4.69, 9.17) is 171 Å². The number of aliphatic hydroxyl groups excluding tert-OH is 6. The fraction of sp³-hybridized carbons (Fsp3) is 0.562. The molecular formula is C64H109Cl3FN20NaO29P+. The molecule has 7 aromatic heterocycles. The zero-order chi connectivity index (χ0) is 86.2. The van der Waals surface area contributed by atoms with Crippen LogP contribution in [0.4, 0.5) is 40.4 Å². The molecule has 0 spiro atoms. The van der Waals surface area contributed by atoms with Gasteiger partial charge in [-0.3, -0.25) is 53.2 Å². The zero-order valence-electron chi connectivity index (χ0n) is 66.7. The molecule has 10 rings (SSSR count). The average molecular weight is 1800 g/mol. The molecule has 7 unspecified atom stereocenters. The van der Waals surface area contributed by atoms with E-state index >= 15 is 0 Å². The van der Waals surface area contributed by atoms with Gasteiger partial charge in [0.15, 0.2) is 17.4 Å². The largest absolute Gasteiger partial charge is 1.00 e. The Morgan fingerprint density at radius 2 is 0.815 bits per heavy atom. The summed E-state index contributed by atoms with van der Waals surface area (Å²) in [6.07, 6.45) is -3.57. The molecule has 3 aliphatic rings. The number of aromatic nitrogens is 14. The quantitative estimate of drug-likeness (QED) is 0.00952. The SMILES string of the molecule is C.CC1(C)OCC(CO)O1.CC1(C)OCC(COc2cc(=O)[nH]c(N)n2)O1.CC1(C)OCC(COc2cc(Cl)nc(N)n2)O1.CCC(O)COc1cc(=O)[nH]c(C)n1.CCOC(CO)COc1cc(=O)[nH]c(N)n1.F.Nc1nc(Cl)cc(Cl)n1.Nc1nc(OCC(CO)OCP(=O)(O)O)cc(=O)[nH]1.Nc1nc(OCC(O)CO)cc(=O)[nH]1.[3HH].[H-].[Na+].[OH3+]. The van der Waals surface area contributed by atoms with Crippen LogP contribution in [0.5, 0.6) is 35.3 Å². The number of nitrogens with two attached hydrogens (primary N) is 6. The molecule has 55 heteroatoms. The molecule has 0 amide bonds. The van der Waals surface area contributed by atoms with Crippen molar-refractivity contribution in [3.63, 3.8) is 0 Å². The number of anilines is 6. The first-order chi connectivity index (χ1) is 53.9. The van der Waals surface area contributed by atoms with Gasteiger partial charge < -0.3 is 153 Å². The molecule has 0 bridgehead atoms. The third-order valence-electron chi connectivity index (χ3n) is 13.0. The van der Waals surface area contributed by atoms with Crippen molar-refractivity contribution in [1.29, 1.82) is 0 Å². The molecular weight excluding hydrogens is 1690 g/mol. The van der Waals surface area contributed by atoms with E-state index in [2.05, 4.69) is 69.8 Å². The summed E-state index contributed by atoms with van der Waals surface area (Å²) in [5, 5.41) is 53.9. The first kappa shape index (κ1) is 113. The number of nitrogens with zero attached hydrogens (tertiary/aromatic N) is 9. The minimum Gasteiger partial charge on any atom is -1.00 e. The van der Waals surface area contributed by atoms with Crippen LogP contribution in [0.1, 0.15) is 77.9 Å². The molecule has 0 saturated carbocycles. The van der Waals surface area contributed by atoms with Crippen LogP contribution in [-0.2, 0) is 47.9 Å². The second-order valence-electron chi connectivity index (χ2n) is 24.6. The second-order valence-corrected chi connectivity index (χ2v) is 27.4. The number of rotatable bonds is 28. The van der Waals surface area contributed by atoms with Gasteiger partial charge in [-0.05, 0) is 61.8 Å². The number of aromatic amines is 5. The van der Waals surface area contributed by atoms with Crippen molar-refractivity contribution in [2.75, 3.05) is 133 Å². The van der Waals surface area contributed by atoms with Crippen LogP contribution in [0, 0.1) is 6.92 Å². The molecule has 3 saturated heterocycles. The Hall–Kier alpha value is -8.49. The number of H-pyrrole nitrogens is 5. The fourth-order valence-electron chi connectivity index (χ4n) is 8.17. The van der Waals surface area contributed by atoms with Crippen LogP contribution in [0.2, 0.25) is 15.5 Å². The summed E-state index contributed by atoms with van der Waals surface area (Å²) in [7, 11) is -4.32. The number of ether oxygens (including phenoxy) is 14. The van der Waals surface area contributed by atoms with E-state index in [0.29, 0.717) is 51.2 Å². The van der Waals surface area contributed by atoms with Gasteiger partial charge in [0.05, 0.1) is 82.7 Å². The molecule has 7 atom stereocenters. The Kier molecular flexibility index (Phi) is 53.8. The van der Waals surface area contributed by atoms with Crippen LogP contribution in [0.15, 0.2) is 66.4 Å². The monoisotopic (exact) mass is 1800 g/mol. The third kappa shape index (κ3) is 51.0. The first-order valence-electron chi connectivity index (χ1n) is 34.0. The Bertz CT molecular complexity index is 4300. The molecule has 28 N–H and O–H groups in total. The van der Waals surface area contributed by atoms with Gasteiger partial charge in [0.25, 0.3) is 27.8 Å². The minimum atomic E-state index is -4.32. The van der Waals surface area contributed by atoms with E-state index in [0.717, 1.165) is 12.1 Å². The van der Waals surface area contributed by atoms with Crippen LogP contribution < -0.4 is 120 Å². The molecule has 3 aliphatic heterocycles.